The Bertz CT molecular complexity index is 1220. The number of para-hydroxylation sites is 2. The summed E-state index contributed by atoms with van der Waals surface area (Å²) in [5, 5.41) is 17.2. The van der Waals surface area contributed by atoms with Crippen molar-refractivity contribution in [1.82, 2.24) is 4.98 Å². The van der Waals surface area contributed by atoms with Crippen molar-refractivity contribution >= 4 is 50.9 Å². The zero-order valence-corrected chi connectivity index (χ0v) is 16.2. The van der Waals surface area contributed by atoms with Crippen LogP contribution in [0.1, 0.15) is 17.3 Å². The van der Waals surface area contributed by atoms with E-state index >= 15 is 0 Å². The molecule has 0 unspecified atom stereocenters. The highest BCUT2D eigenvalue weighted by Gasteiger charge is 2.13. The molecule has 0 spiro atoms. The number of carbonyl (C=O) groups is 2. The van der Waals surface area contributed by atoms with E-state index in [0.717, 1.165) is 27.5 Å². The summed E-state index contributed by atoms with van der Waals surface area (Å²) < 4.78 is 4.89. The average Bonchev–Trinajstić information content (AvgIpc) is 2.73. The van der Waals surface area contributed by atoms with Gasteiger partial charge in [0.15, 0.2) is 0 Å². The van der Waals surface area contributed by atoms with Gasteiger partial charge in [-0.15, -0.1) is 0 Å². The van der Waals surface area contributed by atoms with Gasteiger partial charge in [0.05, 0.1) is 28.9 Å². The first-order valence-electron chi connectivity index (χ1n) is 9.42. The number of carboxylic acid groups (broad SMARTS) is 1. The van der Waals surface area contributed by atoms with Gasteiger partial charge in [0.2, 0.25) is 0 Å². The molecule has 0 aliphatic carbocycles. The number of carboxylic acids is 1. The number of hydrogen-bond acceptors (Lipinski definition) is 5. The van der Waals surface area contributed by atoms with Gasteiger partial charge < -0.3 is 15.2 Å². The van der Waals surface area contributed by atoms with Crippen LogP contribution in [0.5, 0.6) is 0 Å². The van der Waals surface area contributed by atoms with Gasteiger partial charge >= 0.3 is 12.1 Å². The van der Waals surface area contributed by atoms with Crippen LogP contribution < -0.4 is 10.6 Å². The molecule has 1 amide bonds. The first kappa shape index (κ1) is 19.2. The quantitative estimate of drug-likeness (QED) is 0.387. The fraction of sp³-hybridized carbons (Fsp3) is 0.0870. The highest BCUT2D eigenvalue weighted by Crippen LogP contribution is 2.34. The summed E-state index contributed by atoms with van der Waals surface area (Å²) in [4.78, 5) is 28.1. The number of anilines is 3. The third kappa shape index (κ3) is 3.86. The topological polar surface area (TPSA) is 101 Å². The molecular weight excluding hydrogens is 382 g/mol. The number of aromatic carboxylic acids is 1. The zero-order chi connectivity index (χ0) is 21.1. The summed E-state index contributed by atoms with van der Waals surface area (Å²) in [6.45, 7) is 1.91. The Morgan fingerprint density at radius 3 is 2.13 bits per heavy atom. The molecule has 0 saturated carbocycles. The average molecular weight is 401 g/mol. The van der Waals surface area contributed by atoms with Crippen molar-refractivity contribution in [2.24, 2.45) is 0 Å². The number of nitrogens with one attached hydrogen (secondary N) is 2. The van der Waals surface area contributed by atoms with Crippen molar-refractivity contribution in [3.05, 3.63) is 72.3 Å². The number of fused-ring (bicyclic) bond motifs is 2. The van der Waals surface area contributed by atoms with Crippen molar-refractivity contribution in [3.8, 4) is 0 Å². The van der Waals surface area contributed by atoms with Crippen LogP contribution in [0.25, 0.3) is 21.8 Å². The minimum atomic E-state index is -1.10. The largest absolute Gasteiger partial charge is 0.478 e. The maximum absolute atomic E-state index is 11.8. The number of benzene rings is 3. The molecule has 0 saturated heterocycles. The normalized spacial score (nSPS) is 10.7. The predicted molar refractivity (Wildman–Crippen MR) is 117 cm³/mol. The van der Waals surface area contributed by atoms with Crippen LogP contribution in [-0.4, -0.2) is 28.8 Å². The number of aromatic nitrogens is 1. The lowest BCUT2D eigenvalue weighted by atomic mass is 10.1. The minimum Gasteiger partial charge on any atom is -0.478 e. The Kier molecular flexibility index (Phi) is 5.17. The Morgan fingerprint density at radius 1 is 0.933 bits per heavy atom. The molecule has 0 aliphatic rings. The third-order valence-corrected chi connectivity index (χ3v) is 4.56. The van der Waals surface area contributed by atoms with E-state index in [4.69, 9.17) is 9.72 Å². The SMILES string of the molecule is CCOC(=O)Nc1cc(Nc2c3ccccc3nc3ccccc23)cc(C(=O)O)c1. The molecule has 0 fully saturated rings. The van der Waals surface area contributed by atoms with E-state index in [1.54, 1.807) is 13.0 Å². The van der Waals surface area contributed by atoms with Crippen molar-refractivity contribution in [2.75, 3.05) is 17.2 Å². The van der Waals surface area contributed by atoms with Crippen LogP contribution in [0, 0.1) is 0 Å². The molecule has 150 valence electrons. The summed E-state index contributed by atoms with van der Waals surface area (Å²) in [7, 11) is 0. The number of rotatable bonds is 5. The molecule has 7 nitrogen and oxygen atoms in total. The van der Waals surface area contributed by atoms with E-state index in [1.807, 2.05) is 48.5 Å². The van der Waals surface area contributed by atoms with Crippen LogP contribution >= 0.6 is 0 Å². The summed E-state index contributed by atoms with van der Waals surface area (Å²) in [5.41, 5.74) is 3.31. The first-order valence-corrected chi connectivity index (χ1v) is 9.42. The van der Waals surface area contributed by atoms with Gasteiger partial charge in [-0.3, -0.25) is 5.32 Å². The highest BCUT2D eigenvalue weighted by molar-refractivity contribution is 6.09. The van der Waals surface area contributed by atoms with Crippen LogP contribution in [0.3, 0.4) is 0 Å². The van der Waals surface area contributed by atoms with Crippen LogP contribution in [0.15, 0.2) is 66.7 Å². The predicted octanol–water partition coefficient (Wildman–Crippen LogP) is 5.40. The number of ether oxygens (including phenoxy) is 1. The summed E-state index contributed by atoms with van der Waals surface area (Å²) in [6.07, 6.45) is -0.647. The molecule has 0 aliphatic heterocycles. The van der Waals surface area contributed by atoms with Crippen LogP contribution in [0.4, 0.5) is 21.9 Å². The molecule has 3 N–H and O–H groups in total. The third-order valence-electron chi connectivity index (χ3n) is 4.56. The molecule has 4 aromatic rings. The molecule has 0 radical (unpaired) electrons. The molecule has 3 aromatic carbocycles. The Labute approximate surface area is 172 Å². The molecule has 1 heterocycles. The van der Waals surface area contributed by atoms with Gasteiger partial charge in [-0.1, -0.05) is 36.4 Å². The maximum Gasteiger partial charge on any atom is 0.411 e. The van der Waals surface area contributed by atoms with E-state index in [0.29, 0.717) is 11.4 Å². The second-order valence-electron chi connectivity index (χ2n) is 6.60. The van der Waals surface area contributed by atoms with Gasteiger partial charge in [0.1, 0.15) is 0 Å². The lowest BCUT2D eigenvalue weighted by molar-refractivity contribution is 0.0697. The standard InChI is InChI=1S/C23H19N3O4/c1-2-30-23(29)25-16-12-14(22(27)28)11-15(13-16)24-21-17-7-3-5-9-19(17)26-20-10-6-4-8-18(20)21/h3-13H,2H2,1H3,(H,24,26)(H,25,29)(H,27,28). The number of nitrogens with zero attached hydrogens (tertiary/aromatic N) is 1. The molecular formula is C23H19N3O4. The van der Waals surface area contributed by atoms with Gasteiger partial charge in [-0.05, 0) is 37.3 Å². The molecule has 7 heteroatoms. The van der Waals surface area contributed by atoms with E-state index in [9.17, 15) is 14.7 Å². The van der Waals surface area contributed by atoms with Gasteiger partial charge in [0, 0.05) is 22.1 Å². The minimum absolute atomic E-state index is 0.0365. The van der Waals surface area contributed by atoms with Crippen LogP contribution in [0.2, 0.25) is 0 Å². The summed E-state index contributed by atoms with van der Waals surface area (Å²) >= 11 is 0. The summed E-state index contributed by atoms with van der Waals surface area (Å²) in [5.74, 6) is -1.10. The number of amides is 1. The molecule has 30 heavy (non-hydrogen) atoms. The number of carbonyl (C=O) groups excluding carboxylic acids is 1. The number of hydrogen-bond donors (Lipinski definition) is 3. The Morgan fingerprint density at radius 2 is 1.53 bits per heavy atom. The van der Waals surface area contributed by atoms with Gasteiger partial charge in [-0.25, -0.2) is 14.6 Å². The van der Waals surface area contributed by atoms with Crippen molar-refractivity contribution in [3.63, 3.8) is 0 Å². The Hall–Kier alpha value is -4.13. The molecule has 0 atom stereocenters. The van der Waals surface area contributed by atoms with Crippen LogP contribution in [-0.2, 0) is 4.74 Å². The van der Waals surface area contributed by atoms with Gasteiger partial charge in [-0.2, -0.15) is 0 Å². The van der Waals surface area contributed by atoms with Crippen molar-refractivity contribution < 1.29 is 19.4 Å². The second kappa shape index (κ2) is 8.08. The fourth-order valence-electron chi connectivity index (χ4n) is 3.30. The maximum atomic E-state index is 11.8. The summed E-state index contributed by atoms with van der Waals surface area (Å²) in [6, 6.07) is 20.0. The van der Waals surface area contributed by atoms with E-state index < -0.39 is 12.1 Å². The highest BCUT2D eigenvalue weighted by atomic mass is 16.5. The van der Waals surface area contributed by atoms with Crippen molar-refractivity contribution in [2.45, 2.75) is 6.92 Å². The lowest BCUT2D eigenvalue weighted by Gasteiger charge is -2.15. The fourth-order valence-corrected chi connectivity index (χ4v) is 3.30. The monoisotopic (exact) mass is 401 g/mol. The van der Waals surface area contributed by atoms with Gasteiger partial charge in [0.25, 0.3) is 0 Å². The van der Waals surface area contributed by atoms with E-state index in [1.165, 1.54) is 12.1 Å². The molecule has 4 rings (SSSR count). The van der Waals surface area contributed by atoms with E-state index in [2.05, 4.69) is 10.6 Å². The smallest absolute Gasteiger partial charge is 0.411 e. The molecule has 1 aromatic heterocycles. The Balaban J connectivity index is 1.83. The zero-order valence-electron chi connectivity index (χ0n) is 16.2. The lowest BCUT2D eigenvalue weighted by Crippen LogP contribution is -2.14. The van der Waals surface area contributed by atoms with E-state index in [-0.39, 0.29) is 12.2 Å². The van der Waals surface area contributed by atoms with Crippen molar-refractivity contribution in [1.29, 1.82) is 0 Å². The second-order valence-corrected chi connectivity index (χ2v) is 6.60. The number of pyridine rings is 1. The molecule has 0 bridgehead atoms. The first-order chi connectivity index (χ1) is 14.5.